The molecule has 2 aromatic rings. The highest BCUT2D eigenvalue weighted by atomic mass is 16.1. The van der Waals surface area contributed by atoms with Gasteiger partial charge in [0.2, 0.25) is 5.96 Å². The van der Waals surface area contributed by atoms with Crippen molar-refractivity contribution >= 4 is 17.4 Å². The van der Waals surface area contributed by atoms with Gasteiger partial charge in [0.25, 0.3) is 0 Å². The number of benzene rings is 1. The van der Waals surface area contributed by atoms with Crippen LogP contribution in [0.15, 0.2) is 78.2 Å². The first kappa shape index (κ1) is 19.1. The molecule has 0 N–H and O–H groups in total. The first-order chi connectivity index (χ1) is 14.0. The largest absolute Gasteiger partial charge is 0.339 e. The van der Waals surface area contributed by atoms with Crippen LogP contribution in [0, 0.1) is 0 Å². The number of hydrogen-bond donors (Lipinski definition) is 0. The summed E-state index contributed by atoms with van der Waals surface area (Å²) in [6.45, 7) is 6.36. The molecule has 0 bridgehead atoms. The first-order valence-electron chi connectivity index (χ1n) is 9.72. The Hall–Kier alpha value is -3.25. The minimum Gasteiger partial charge on any atom is -0.339 e. The molecule has 3 heterocycles. The summed E-state index contributed by atoms with van der Waals surface area (Å²) in [6, 6.07) is 13.2. The van der Waals surface area contributed by atoms with Gasteiger partial charge >= 0.3 is 0 Å². The number of guanidine groups is 1. The molecule has 1 fully saturated rings. The molecule has 0 spiro atoms. The Balaban J connectivity index is 1.61. The van der Waals surface area contributed by atoms with Crippen LogP contribution in [0.4, 0.5) is 0 Å². The maximum atomic E-state index is 13.1. The van der Waals surface area contributed by atoms with Crippen molar-refractivity contribution in [1.82, 2.24) is 19.7 Å². The van der Waals surface area contributed by atoms with Crippen LogP contribution in [0.25, 0.3) is 5.70 Å². The third-order valence-corrected chi connectivity index (χ3v) is 5.52. The first-order valence-corrected chi connectivity index (χ1v) is 9.72. The Morgan fingerprint density at radius 3 is 2.52 bits per heavy atom. The summed E-state index contributed by atoms with van der Waals surface area (Å²) < 4.78 is 0. The molecule has 0 saturated carbocycles. The molecule has 0 radical (unpaired) electrons. The van der Waals surface area contributed by atoms with Crippen LogP contribution in [-0.2, 0) is 0 Å². The Kier molecular flexibility index (Phi) is 5.27. The van der Waals surface area contributed by atoms with Crippen LogP contribution in [0.5, 0.6) is 0 Å². The van der Waals surface area contributed by atoms with E-state index in [-0.39, 0.29) is 11.8 Å². The van der Waals surface area contributed by atoms with E-state index < -0.39 is 0 Å². The highest BCUT2D eigenvalue weighted by molar-refractivity contribution is 6.01. The minimum atomic E-state index is -0.217. The van der Waals surface area contributed by atoms with Gasteiger partial charge in [-0.2, -0.15) is 0 Å². The average molecular weight is 387 g/mol. The number of Topliss-reactive ketones (excluding diaryl/α,β-unsaturated/α-hetero) is 1. The number of nitrogens with zero attached hydrogens (tertiary/aromatic N) is 5. The zero-order valence-electron chi connectivity index (χ0n) is 16.8. The van der Waals surface area contributed by atoms with Gasteiger partial charge in [-0.1, -0.05) is 36.9 Å². The molecule has 2 aliphatic rings. The summed E-state index contributed by atoms with van der Waals surface area (Å²) in [5.41, 5.74) is 3.46. The van der Waals surface area contributed by atoms with Crippen LogP contribution in [-0.4, -0.2) is 71.2 Å². The lowest BCUT2D eigenvalue weighted by Gasteiger charge is -2.42. The van der Waals surface area contributed by atoms with E-state index in [0.717, 1.165) is 41.6 Å². The van der Waals surface area contributed by atoms with E-state index in [1.807, 2.05) is 67.5 Å². The fourth-order valence-corrected chi connectivity index (χ4v) is 3.68. The maximum absolute atomic E-state index is 13.1. The number of ketones is 1. The second-order valence-electron chi connectivity index (χ2n) is 7.40. The summed E-state index contributed by atoms with van der Waals surface area (Å²) in [5.74, 6) is 0.962. The van der Waals surface area contributed by atoms with Crippen LogP contribution in [0.1, 0.15) is 15.9 Å². The van der Waals surface area contributed by atoms with Crippen LogP contribution in [0.2, 0.25) is 0 Å². The molecular formula is C23H25N5O. The predicted octanol–water partition coefficient (Wildman–Crippen LogP) is 2.74. The number of carbonyl (C=O) groups excluding carboxylic acids is 1. The molecule has 2 aliphatic heterocycles. The van der Waals surface area contributed by atoms with Crippen molar-refractivity contribution in [1.29, 1.82) is 0 Å². The quantitative estimate of drug-likeness (QED) is 0.758. The van der Waals surface area contributed by atoms with Gasteiger partial charge in [0.1, 0.15) is 0 Å². The molecule has 4 rings (SSSR count). The monoisotopic (exact) mass is 387 g/mol. The van der Waals surface area contributed by atoms with E-state index in [9.17, 15) is 4.79 Å². The van der Waals surface area contributed by atoms with Crippen molar-refractivity contribution in [3.05, 3.63) is 84.3 Å². The SMILES string of the molecule is C=C1C=C(c2ccncc2)N=C(N2CCN(C)C(C(=O)c3ccccc3)C2)N1C. The standard InChI is InChI=1S/C23H25N5O/c1-17-15-20(18-9-11-24-12-10-18)25-23(27(17)3)28-14-13-26(2)21(16-28)22(29)19-7-5-4-6-8-19/h4-12,15,21H,1,13-14,16H2,2-3H3. The maximum Gasteiger partial charge on any atom is 0.206 e. The molecule has 0 aliphatic carbocycles. The fourth-order valence-electron chi connectivity index (χ4n) is 3.68. The topological polar surface area (TPSA) is 52.0 Å². The van der Waals surface area contributed by atoms with Gasteiger partial charge in [0.05, 0.1) is 11.7 Å². The van der Waals surface area contributed by atoms with Crippen molar-refractivity contribution < 1.29 is 4.79 Å². The smallest absolute Gasteiger partial charge is 0.206 e. The summed E-state index contributed by atoms with van der Waals surface area (Å²) >= 11 is 0. The molecule has 6 heteroatoms. The molecule has 1 aromatic heterocycles. The lowest BCUT2D eigenvalue weighted by Crippen LogP contribution is -2.58. The van der Waals surface area contributed by atoms with Crippen LogP contribution in [0.3, 0.4) is 0 Å². The third-order valence-electron chi connectivity index (χ3n) is 5.52. The number of pyridine rings is 1. The van der Waals surface area contributed by atoms with Gasteiger partial charge in [-0.05, 0) is 25.3 Å². The average Bonchev–Trinajstić information content (AvgIpc) is 2.77. The normalized spacial score (nSPS) is 20.3. The zero-order valence-corrected chi connectivity index (χ0v) is 16.8. The molecule has 6 nitrogen and oxygen atoms in total. The number of hydrogen-bond acceptors (Lipinski definition) is 6. The highest BCUT2D eigenvalue weighted by Crippen LogP contribution is 2.25. The number of likely N-dealkylation sites (N-methyl/N-ethyl adjacent to an activating group) is 2. The second-order valence-corrected chi connectivity index (χ2v) is 7.40. The minimum absolute atomic E-state index is 0.139. The highest BCUT2D eigenvalue weighted by Gasteiger charge is 2.34. The molecule has 1 unspecified atom stereocenters. The number of aromatic nitrogens is 1. The van der Waals surface area contributed by atoms with E-state index in [2.05, 4.69) is 21.4 Å². The van der Waals surface area contributed by atoms with Gasteiger partial charge in [0.15, 0.2) is 5.78 Å². The molecule has 29 heavy (non-hydrogen) atoms. The Morgan fingerprint density at radius 2 is 1.79 bits per heavy atom. The summed E-state index contributed by atoms with van der Waals surface area (Å²) in [4.78, 5) is 28.4. The van der Waals surface area contributed by atoms with Gasteiger partial charge < -0.3 is 9.80 Å². The Morgan fingerprint density at radius 1 is 1.07 bits per heavy atom. The summed E-state index contributed by atoms with van der Waals surface area (Å²) in [7, 11) is 3.98. The van der Waals surface area contributed by atoms with E-state index in [1.54, 1.807) is 12.4 Å². The summed E-state index contributed by atoms with van der Waals surface area (Å²) in [6.07, 6.45) is 5.50. The Bertz CT molecular complexity index is 967. The molecule has 1 aromatic carbocycles. The number of rotatable bonds is 3. The van der Waals surface area contributed by atoms with Crippen molar-refractivity contribution in [3.8, 4) is 0 Å². The number of aliphatic imine (C=N–C) groups is 1. The van der Waals surface area contributed by atoms with Crippen molar-refractivity contribution in [3.63, 3.8) is 0 Å². The van der Waals surface area contributed by atoms with Crippen LogP contribution < -0.4 is 0 Å². The lowest BCUT2D eigenvalue weighted by atomic mass is 10.0. The lowest BCUT2D eigenvalue weighted by molar-refractivity contribution is 0.0731. The molecule has 1 atom stereocenters. The van der Waals surface area contributed by atoms with E-state index in [4.69, 9.17) is 4.99 Å². The van der Waals surface area contributed by atoms with Gasteiger partial charge in [-0.15, -0.1) is 0 Å². The number of allylic oxidation sites excluding steroid dienone is 1. The van der Waals surface area contributed by atoms with Crippen molar-refractivity contribution in [2.24, 2.45) is 4.99 Å². The van der Waals surface area contributed by atoms with Gasteiger partial charge in [-0.25, -0.2) is 4.99 Å². The molecule has 1 saturated heterocycles. The molecule has 0 amide bonds. The number of carbonyl (C=O) groups is 1. The molecule has 148 valence electrons. The fraction of sp³-hybridized carbons (Fsp3) is 0.261. The van der Waals surface area contributed by atoms with Crippen LogP contribution >= 0.6 is 0 Å². The predicted molar refractivity (Wildman–Crippen MR) is 115 cm³/mol. The number of piperazine rings is 1. The zero-order chi connectivity index (χ0) is 20.4. The van der Waals surface area contributed by atoms with E-state index >= 15 is 0 Å². The van der Waals surface area contributed by atoms with Crippen molar-refractivity contribution in [2.45, 2.75) is 6.04 Å². The Labute approximate surface area is 171 Å². The van der Waals surface area contributed by atoms with Crippen molar-refractivity contribution in [2.75, 3.05) is 33.7 Å². The van der Waals surface area contributed by atoms with Gasteiger partial charge in [0, 0.05) is 55.9 Å². The summed E-state index contributed by atoms with van der Waals surface area (Å²) in [5, 5.41) is 0. The van der Waals surface area contributed by atoms with E-state index in [0.29, 0.717) is 6.54 Å². The third kappa shape index (κ3) is 3.84. The van der Waals surface area contributed by atoms with Gasteiger partial charge in [-0.3, -0.25) is 14.7 Å². The van der Waals surface area contributed by atoms with E-state index in [1.165, 1.54) is 0 Å². The second kappa shape index (κ2) is 8.01. The molecular weight excluding hydrogens is 362 g/mol.